The second-order valence-corrected chi connectivity index (χ2v) is 5.00. The molecule has 0 bridgehead atoms. The van der Waals surface area contributed by atoms with Gasteiger partial charge in [0.1, 0.15) is 11.9 Å². The maximum absolute atomic E-state index is 10.5. The molecule has 0 spiro atoms. The third kappa shape index (κ3) is 4.31. The number of methoxy groups -OCH3 is 1. The molecule has 1 N–H and O–H groups in total. The van der Waals surface area contributed by atoms with Gasteiger partial charge in [-0.05, 0) is 35.2 Å². The van der Waals surface area contributed by atoms with E-state index in [1.165, 1.54) is 0 Å². The number of hydrogen-bond donors (Lipinski definition) is 1. The largest absolute Gasteiger partial charge is 0.494 e. The summed E-state index contributed by atoms with van der Waals surface area (Å²) in [6.45, 7) is 3.33. The summed E-state index contributed by atoms with van der Waals surface area (Å²) in [6, 6.07) is 15.4. The van der Waals surface area contributed by atoms with Crippen molar-refractivity contribution in [3.05, 3.63) is 65.2 Å². The van der Waals surface area contributed by atoms with Gasteiger partial charge in [-0.15, -0.1) is 0 Å². The molecule has 2 rings (SSSR count). The van der Waals surface area contributed by atoms with Gasteiger partial charge in [-0.2, -0.15) is 0 Å². The maximum atomic E-state index is 10.5. The zero-order valence-corrected chi connectivity index (χ0v) is 12.6. The van der Waals surface area contributed by atoms with Gasteiger partial charge in [0.25, 0.3) is 0 Å². The van der Waals surface area contributed by atoms with Crippen molar-refractivity contribution < 1.29 is 14.6 Å². The topological polar surface area (TPSA) is 38.7 Å². The van der Waals surface area contributed by atoms with E-state index in [2.05, 4.69) is 6.92 Å². The van der Waals surface area contributed by atoms with E-state index in [0.717, 1.165) is 28.9 Å². The highest BCUT2D eigenvalue weighted by molar-refractivity contribution is 5.35. The number of ether oxygens (including phenoxy) is 2. The summed E-state index contributed by atoms with van der Waals surface area (Å²) in [4.78, 5) is 0. The first-order chi connectivity index (χ1) is 10.2. The Labute approximate surface area is 126 Å². The molecule has 112 valence electrons. The predicted molar refractivity (Wildman–Crippen MR) is 83.4 cm³/mol. The fourth-order valence-corrected chi connectivity index (χ4v) is 2.18. The smallest absolute Gasteiger partial charge is 0.119 e. The number of rotatable bonds is 7. The fourth-order valence-electron chi connectivity index (χ4n) is 2.18. The van der Waals surface area contributed by atoms with E-state index in [9.17, 15) is 5.11 Å². The second kappa shape index (κ2) is 7.81. The zero-order chi connectivity index (χ0) is 15.1. The molecule has 0 aliphatic carbocycles. The van der Waals surface area contributed by atoms with Crippen LogP contribution in [0.5, 0.6) is 5.75 Å². The standard InChI is InChI=1S/C18H22O3/c1-3-11-21-17-9-7-15(8-10-17)18(19)16-6-4-5-14(12-16)13-20-2/h4-10,12,18-19H,3,11,13H2,1-2H3. The molecule has 2 aromatic carbocycles. The lowest BCUT2D eigenvalue weighted by atomic mass is 10.00. The normalized spacial score (nSPS) is 12.1. The van der Waals surface area contributed by atoms with E-state index in [0.29, 0.717) is 13.2 Å². The van der Waals surface area contributed by atoms with Gasteiger partial charge in [-0.25, -0.2) is 0 Å². The molecule has 0 amide bonds. The first-order valence-electron chi connectivity index (χ1n) is 7.23. The molecule has 0 aliphatic rings. The van der Waals surface area contributed by atoms with Crippen LogP contribution in [0.1, 0.15) is 36.1 Å². The monoisotopic (exact) mass is 286 g/mol. The number of benzene rings is 2. The highest BCUT2D eigenvalue weighted by Crippen LogP contribution is 2.24. The van der Waals surface area contributed by atoms with Gasteiger partial charge in [0.2, 0.25) is 0 Å². The van der Waals surface area contributed by atoms with Gasteiger partial charge in [0, 0.05) is 7.11 Å². The van der Waals surface area contributed by atoms with E-state index >= 15 is 0 Å². The first-order valence-corrected chi connectivity index (χ1v) is 7.23. The summed E-state index contributed by atoms with van der Waals surface area (Å²) in [5, 5.41) is 10.5. The van der Waals surface area contributed by atoms with Crippen LogP contribution in [0.4, 0.5) is 0 Å². The third-order valence-corrected chi connectivity index (χ3v) is 3.25. The van der Waals surface area contributed by atoms with Crippen molar-refractivity contribution in [2.24, 2.45) is 0 Å². The average molecular weight is 286 g/mol. The molecule has 1 unspecified atom stereocenters. The van der Waals surface area contributed by atoms with E-state index < -0.39 is 6.10 Å². The summed E-state index contributed by atoms with van der Waals surface area (Å²) in [5.74, 6) is 0.834. The molecule has 0 radical (unpaired) electrons. The molecule has 0 heterocycles. The Bertz CT molecular complexity index is 549. The minimum atomic E-state index is -0.637. The minimum Gasteiger partial charge on any atom is -0.494 e. The van der Waals surface area contributed by atoms with Crippen molar-refractivity contribution in [1.82, 2.24) is 0 Å². The molecule has 0 aromatic heterocycles. The van der Waals surface area contributed by atoms with E-state index in [1.54, 1.807) is 7.11 Å². The Morgan fingerprint density at radius 1 is 1.05 bits per heavy atom. The van der Waals surface area contributed by atoms with Crippen LogP contribution in [-0.2, 0) is 11.3 Å². The fraction of sp³-hybridized carbons (Fsp3) is 0.333. The second-order valence-electron chi connectivity index (χ2n) is 5.00. The van der Waals surface area contributed by atoms with E-state index in [1.807, 2.05) is 48.5 Å². The van der Waals surface area contributed by atoms with Gasteiger partial charge in [-0.1, -0.05) is 43.3 Å². The minimum absolute atomic E-state index is 0.546. The summed E-state index contributed by atoms with van der Waals surface area (Å²) < 4.78 is 10.7. The van der Waals surface area contributed by atoms with E-state index in [4.69, 9.17) is 9.47 Å². The van der Waals surface area contributed by atoms with E-state index in [-0.39, 0.29) is 0 Å². The molecule has 21 heavy (non-hydrogen) atoms. The Morgan fingerprint density at radius 2 is 1.81 bits per heavy atom. The quantitative estimate of drug-likeness (QED) is 0.843. The molecule has 0 aliphatic heterocycles. The third-order valence-electron chi connectivity index (χ3n) is 3.25. The van der Waals surface area contributed by atoms with Crippen LogP contribution in [0.2, 0.25) is 0 Å². The zero-order valence-electron chi connectivity index (χ0n) is 12.6. The number of aliphatic hydroxyl groups is 1. The van der Waals surface area contributed by atoms with Gasteiger partial charge >= 0.3 is 0 Å². The van der Waals surface area contributed by atoms with Crippen LogP contribution in [0.15, 0.2) is 48.5 Å². The molecule has 0 saturated carbocycles. The van der Waals surface area contributed by atoms with Crippen LogP contribution in [0.25, 0.3) is 0 Å². The van der Waals surface area contributed by atoms with Gasteiger partial charge in [0.15, 0.2) is 0 Å². The lowest BCUT2D eigenvalue weighted by molar-refractivity contribution is 0.184. The Kier molecular flexibility index (Phi) is 5.78. The molecular formula is C18H22O3. The number of hydrogen-bond acceptors (Lipinski definition) is 3. The van der Waals surface area contributed by atoms with Crippen molar-refractivity contribution in [2.75, 3.05) is 13.7 Å². The van der Waals surface area contributed by atoms with Crippen LogP contribution in [0, 0.1) is 0 Å². The Morgan fingerprint density at radius 3 is 2.48 bits per heavy atom. The van der Waals surface area contributed by atoms with Crippen LogP contribution < -0.4 is 4.74 Å². The van der Waals surface area contributed by atoms with Crippen LogP contribution >= 0.6 is 0 Å². The first kappa shape index (κ1) is 15.5. The summed E-state index contributed by atoms with van der Waals surface area (Å²) >= 11 is 0. The molecule has 1 atom stereocenters. The van der Waals surface area contributed by atoms with Crippen LogP contribution in [-0.4, -0.2) is 18.8 Å². The van der Waals surface area contributed by atoms with Gasteiger partial charge in [-0.3, -0.25) is 0 Å². The molecule has 3 nitrogen and oxygen atoms in total. The summed E-state index contributed by atoms with van der Waals surface area (Å²) in [5.41, 5.74) is 2.78. The van der Waals surface area contributed by atoms with Crippen molar-refractivity contribution in [3.8, 4) is 5.75 Å². The van der Waals surface area contributed by atoms with Gasteiger partial charge in [0.05, 0.1) is 13.2 Å². The SMILES string of the molecule is CCCOc1ccc(C(O)c2cccc(COC)c2)cc1. The lowest BCUT2D eigenvalue weighted by Crippen LogP contribution is -2.01. The Hall–Kier alpha value is -1.84. The van der Waals surface area contributed by atoms with Gasteiger partial charge < -0.3 is 14.6 Å². The predicted octanol–water partition coefficient (Wildman–Crippen LogP) is 3.70. The van der Waals surface area contributed by atoms with Crippen molar-refractivity contribution in [1.29, 1.82) is 0 Å². The summed E-state index contributed by atoms with van der Waals surface area (Å²) in [7, 11) is 1.66. The van der Waals surface area contributed by atoms with Crippen molar-refractivity contribution in [3.63, 3.8) is 0 Å². The lowest BCUT2D eigenvalue weighted by Gasteiger charge is -2.13. The van der Waals surface area contributed by atoms with Crippen molar-refractivity contribution >= 4 is 0 Å². The van der Waals surface area contributed by atoms with Crippen LogP contribution in [0.3, 0.4) is 0 Å². The molecular weight excluding hydrogens is 264 g/mol. The highest BCUT2D eigenvalue weighted by atomic mass is 16.5. The average Bonchev–Trinajstić information content (AvgIpc) is 2.53. The van der Waals surface area contributed by atoms with Crippen molar-refractivity contribution in [2.45, 2.75) is 26.1 Å². The molecule has 0 fully saturated rings. The number of aliphatic hydroxyl groups excluding tert-OH is 1. The Balaban J connectivity index is 2.11. The molecule has 0 saturated heterocycles. The maximum Gasteiger partial charge on any atom is 0.119 e. The summed E-state index contributed by atoms with van der Waals surface area (Å²) in [6.07, 6.45) is 0.346. The molecule has 3 heteroatoms. The molecule has 2 aromatic rings. The highest BCUT2D eigenvalue weighted by Gasteiger charge is 2.11.